The van der Waals surface area contributed by atoms with E-state index in [2.05, 4.69) is 43.9 Å². The van der Waals surface area contributed by atoms with Crippen LogP contribution in [0.1, 0.15) is 12.5 Å². The molecule has 0 aliphatic rings. The van der Waals surface area contributed by atoms with Crippen LogP contribution in [-0.4, -0.2) is 42.6 Å². The van der Waals surface area contributed by atoms with Crippen molar-refractivity contribution in [1.29, 1.82) is 0 Å². The van der Waals surface area contributed by atoms with Gasteiger partial charge in [0.1, 0.15) is 12.4 Å². The van der Waals surface area contributed by atoms with Gasteiger partial charge in [-0.05, 0) is 41.4 Å². The van der Waals surface area contributed by atoms with Gasteiger partial charge in [-0.1, -0.05) is 0 Å². The van der Waals surface area contributed by atoms with Crippen molar-refractivity contribution < 1.29 is 4.74 Å². The Morgan fingerprint density at radius 3 is 2.96 bits per heavy atom. The zero-order chi connectivity index (χ0) is 15.6. The standard InChI is InChI=1S/C16H22N4OS.HI/c1-3-18-16(20(2)12-14-6-10-22-13-14)19-8-9-21-15-5-4-7-17-11-15;/h4-7,10-11,13H,3,8-9,12H2,1-2H3,(H,18,19);1H. The summed E-state index contributed by atoms with van der Waals surface area (Å²) in [5.41, 5.74) is 1.30. The van der Waals surface area contributed by atoms with Crippen LogP contribution in [0.5, 0.6) is 5.75 Å². The molecule has 2 heterocycles. The Bertz CT molecular complexity index is 563. The number of thiophene rings is 1. The van der Waals surface area contributed by atoms with Crippen molar-refractivity contribution in [3.63, 3.8) is 0 Å². The summed E-state index contributed by atoms with van der Waals surface area (Å²) in [6.45, 7) is 4.90. The summed E-state index contributed by atoms with van der Waals surface area (Å²) >= 11 is 1.71. The highest BCUT2D eigenvalue weighted by atomic mass is 127. The molecule has 7 heteroatoms. The fourth-order valence-corrected chi connectivity index (χ4v) is 2.61. The minimum Gasteiger partial charge on any atom is -0.490 e. The van der Waals surface area contributed by atoms with Crippen LogP contribution in [0.15, 0.2) is 46.3 Å². The van der Waals surface area contributed by atoms with Crippen LogP contribution in [0.3, 0.4) is 0 Å². The molecule has 5 nitrogen and oxygen atoms in total. The van der Waals surface area contributed by atoms with Gasteiger partial charge in [-0.3, -0.25) is 4.98 Å². The minimum atomic E-state index is 0. The third-order valence-corrected chi connectivity index (χ3v) is 3.68. The molecule has 0 amide bonds. The van der Waals surface area contributed by atoms with Crippen molar-refractivity contribution >= 4 is 41.3 Å². The molecule has 126 valence electrons. The Morgan fingerprint density at radius 1 is 1.43 bits per heavy atom. The predicted octanol–water partition coefficient (Wildman–Crippen LogP) is 3.24. The Kier molecular flexibility index (Phi) is 9.61. The molecule has 2 aromatic rings. The van der Waals surface area contributed by atoms with Crippen molar-refractivity contribution in [3.8, 4) is 5.75 Å². The molecule has 23 heavy (non-hydrogen) atoms. The molecule has 0 saturated heterocycles. The maximum atomic E-state index is 5.61. The van der Waals surface area contributed by atoms with Crippen molar-refractivity contribution in [2.45, 2.75) is 13.5 Å². The van der Waals surface area contributed by atoms with Gasteiger partial charge in [-0.2, -0.15) is 11.3 Å². The van der Waals surface area contributed by atoms with Crippen molar-refractivity contribution in [3.05, 3.63) is 46.9 Å². The third kappa shape index (κ3) is 7.17. The topological polar surface area (TPSA) is 49.8 Å². The van der Waals surface area contributed by atoms with Crippen LogP contribution in [0, 0.1) is 0 Å². The summed E-state index contributed by atoms with van der Waals surface area (Å²) in [5.74, 6) is 1.66. The average molecular weight is 446 g/mol. The molecule has 0 radical (unpaired) electrons. The first-order chi connectivity index (χ1) is 10.8. The summed E-state index contributed by atoms with van der Waals surface area (Å²) in [6.07, 6.45) is 3.44. The molecule has 0 atom stereocenters. The fourth-order valence-electron chi connectivity index (χ4n) is 1.95. The highest BCUT2D eigenvalue weighted by Gasteiger charge is 2.06. The number of rotatable bonds is 7. The zero-order valence-electron chi connectivity index (χ0n) is 13.4. The third-order valence-electron chi connectivity index (χ3n) is 2.95. The average Bonchev–Trinajstić information content (AvgIpc) is 3.04. The number of halogens is 1. The van der Waals surface area contributed by atoms with E-state index in [9.17, 15) is 0 Å². The van der Waals surface area contributed by atoms with Gasteiger partial charge in [0.05, 0.1) is 12.7 Å². The van der Waals surface area contributed by atoms with E-state index in [-0.39, 0.29) is 24.0 Å². The molecule has 1 N–H and O–H groups in total. The minimum absolute atomic E-state index is 0. The predicted molar refractivity (Wildman–Crippen MR) is 107 cm³/mol. The number of nitrogens with zero attached hydrogens (tertiary/aromatic N) is 3. The first-order valence-corrected chi connectivity index (χ1v) is 8.27. The van der Waals surface area contributed by atoms with E-state index in [1.165, 1.54) is 5.56 Å². The van der Waals surface area contributed by atoms with Gasteiger partial charge in [0.25, 0.3) is 0 Å². The molecule has 2 aromatic heterocycles. The van der Waals surface area contributed by atoms with Crippen molar-refractivity contribution in [2.24, 2.45) is 4.99 Å². The van der Waals surface area contributed by atoms with Crippen LogP contribution in [-0.2, 0) is 6.54 Å². The molecule has 2 rings (SSSR count). The molecule has 0 saturated carbocycles. The highest BCUT2D eigenvalue weighted by molar-refractivity contribution is 14.0. The summed E-state index contributed by atoms with van der Waals surface area (Å²) in [6, 6.07) is 5.89. The molecular weight excluding hydrogens is 423 g/mol. The van der Waals surface area contributed by atoms with E-state index in [1.807, 2.05) is 19.2 Å². The Morgan fingerprint density at radius 2 is 2.30 bits per heavy atom. The molecule has 0 fully saturated rings. The summed E-state index contributed by atoms with van der Waals surface area (Å²) in [4.78, 5) is 10.7. The van der Waals surface area contributed by atoms with Gasteiger partial charge >= 0.3 is 0 Å². The summed E-state index contributed by atoms with van der Waals surface area (Å²) in [7, 11) is 2.04. The first kappa shape index (κ1) is 19.7. The van der Waals surface area contributed by atoms with Gasteiger partial charge in [-0.25, -0.2) is 4.99 Å². The zero-order valence-corrected chi connectivity index (χ0v) is 16.6. The molecule has 0 bridgehead atoms. The molecule has 0 aliphatic carbocycles. The molecule has 0 aliphatic heterocycles. The Balaban J connectivity index is 0.00000264. The Hall–Kier alpha value is -1.35. The number of aromatic nitrogens is 1. The van der Waals surface area contributed by atoms with Gasteiger partial charge in [-0.15, -0.1) is 24.0 Å². The largest absolute Gasteiger partial charge is 0.490 e. The van der Waals surface area contributed by atoms with E-state index in [4.69, 9.17) is 4.74 Å². The van der Waals surface area contributed by atoms with Gasteiger partial charge < -0.3 is 15.0 Å². The number of aliphatic imine (C=N–C) groups is 1. The lowest BCUT2D eigenvalue weighted by molar-refractivity contribution is 0.326. The number of nitrogens with one attached hydrogen (secondary N) is 1. The fraction of sp³-hybridized carbons (Fsp3) is 0.375. The lowest BCUT2D eigenvalue weighted by atomic mass is 10.3. The summed E-state index contributed by atoms with van der Waals surface area (Å²) in [5, 5.41) is 7.56. The highest BCUT2D eigenvalue weighted by Crippen LogP contribution is 2.08. The van der Waals surface area contributed by atoms with Crippen LogP contribution in [0.25, 0.3) is 0 Å². The van der Waals surface area contributed by atoms with Crippen LogP contribution in [0.2, 0.25) is 0 Å². The number of pyridine rings is 1. The second-order valence-corrected chi connectivity index (χ2v) is 5.54. The van der Waals surface area contributed by atoms with E-state index >= 15 is 0 Å². The van der Waals surface area contributed by atoms with Crippen LogP contribution < -0.4 is 10.1 Å². The number of guanidine groups is 1. The van der Waals surface area contributed by atoms with Gasteiger partial charge in [0.15, 0.2) is 5.96 Å². The molecular formula is C16H23IN4OS. The van der Waals surface area contributed by atoms with Gasteiger partial charge in [0, 0.05) is 26.3 Å². The summed E-state index contributed by atoms with van der Waals surface area (Å²) < 4.78 is 5.61. The molecule has 0 aromatic carbocycles. The molecule has 0 unspecified atom stereocenters. The Labute approximate surface area is 158 Å². The van der Waals surface area contributed by atoms with Crippen LogP contribution >= 0.6 is 35.3 Å². The van der Waals surface area contributed by atoms with E-state index in [1.54, 1.807) is 23.7 Å². The van der Waals surface area contributed by atoms with E-state index in [0.717, 1.165) is 24.8 Å². The van der Waals surface area contributed by atoms with E-state index < -0.39 is 0 Å². The number of hydrogen-bond acceptors (Lipinski definition) is 4. The normalized spacial score (nSPS) is 10.8. The lowest BCUT2D eigenvalue weighted by Crippen LogP contribution is -2.38. The first-order valence-electron chi connectivity index (χ1n) is 7.33. The lowest BCUT2D eigenvalue weighted by Gasteiger charge is -2.21. The van der Waals surface area contributed by atoms with Crippen LogP contribution in [0.4, 0.5) is 0 Å². The monoisotopic (exact) mass is 446 g/mol. The van der Waals surface area contributed by atoms with Crippen molar-refractivity contribution in [1.82, 2.24) is 15.2 Å². The van der Waals surface area contributed by atoms with Gasteiger partial charge in [0.2, 0.25) is 0 Å². The second kappa shape index (κ2) is 11.2. The van der Waals surface area contributed by atoms with E-state index in [0.29, 0.717) is 13.2 Å². The maximum Gasteiger partial charge on any atom is 0.194 e. The van der Waals surface area contributed by atoms with Crippen molar-refractivity contribution in [2.75, 3.05) is 26.7 Å². The second-order valence-electron chi connectivity index (χ2n) is 4.76. The quantitative estimate of drug-likeness (QED) is 0.307. The molecule has 0 spiro atoms. The SMILES string of the molecule is CCNC(=NCCOc1cccnc1)N(C)Cc1ccsc1.I. The number of ether oxygens (including phenoxy) is 1. The smallest absolute Gasteiger partial charge is 0.194 e. The number of hydrogen-bond donors (Lipinski definition) is 1. The maximum absolute atomic E-state index is 5.61.